The van der Waals surface area contributed by atoms with Crippen LogP contribution < -0.4 is 10.9 Å². The zero-order chi connectivity index (χ0) is 6.57. The van der Waals surface area contributed by atoms with Crippen molar-refractivity contribution in [3.63, 3.8) is 0 Å². The van der Waals surface area contributed by atoms with Gasteiger partial charge >= 0.3 is 25.4 Å². The predicted molar refractivity (Wildman–Crippen MR) is 29.3 cm³/mol. The largest absolute Gasteiger partial charge is 2.00 e. The first kappa shape index (κ1) is 11.8. The Balaban J connectivity index is 0. The minimum absolute atomic E-state index is 0. The van der Waals surface area contributed by atoms with Crippen molar-refractivity contribution >= 4 is 5.97 Å². The fraction of sp³-hybridized carbons (Fsp3) is 0.750. The maximum absolute atomic E-state index is 9.99. The Labute approximate surface area is 66.7 Å². The molecule has 0 spiro atoms. The van der Waals surface area contributed by atoms with Gasteiger partial charge in [0.1, 0.15) is 6.04 Å². The second-order valence-electron chi connectivity index (χ2n) is 1.45. The van der Waals surface area contributed by atoms with E-state index in [4.69, 9.17) is 5.11 Å². The molecule has 3 N–H and O–H groups in total. The number of aliphatic carboxylic acids is 1. The molecular weight excluding hydrogens is 173 g/mol. The Morgan fingerprint density at radius 2 is 2.11 bits per heavy atom. The van der Waals surface area contributed by atoms with Crippen LogP contribution in [0.4, 0.5) is 0 Å². The molecule has 0 aromatic rings. The Kier molecular flexibility index (Phi) is 8.03. The molecular formula is C4H10N2O2Zn+2. The number of rotatable bonds is 3. The fourth-order valence-electron chi connectivity index (χ4n) is 0.278. The van der Waals surface area contributed by atoms with Crippen molar-refractivity contribution in [2.45, 2.75) is 13.0 Å². The van der Waals surface area contributed by atoms with Crippen LogP contribution >= 0.6 is 0 Å². The molecule has 0 aliphatic heterocycles. The molecule has 0 aliphatic carbocycles. The predicted octanol–water partition coefficient (Wildman–Crippen LogP) is -0.819. The van der Waals surface area contributed by atoms with Crippen LogP contribution in [0.2, 0.25) is 0 Å². The summed E-state index contributed by atoms with van der Waals surface area (Å²) in [6.07, 6.45) is 0. The van der Waals surface area contributed by atoms with Gasteiger partial charge in [-0.15, -0.1) is 0 Å². The third-order valence-electron chi connectivity index (χ3n) is 0.731. The van der Waals surface area contributed by atoms with Crippen molar-refractivity contribution in [2.24, 2.45) is 0 Å². The van der Waals surface area contributed by atoms with Crippen molar-refractivity contribution in [1.29, 1.82) is 0 Å². The van der Waals surface area contributed by atoms with Gasteiger partial charge in [0.25, 0.3) is 0 Å². The van der Waals surface area contributed by atoms with E-state index in [1.165, 1.54) is 0 Å². The molecule has 48 valence electrons. The van der Waals surface area contributed by atoms with E-state index in [1.807, 2.05) is 0 Å². The second-order valence-corrected chi connectivity index (χ2v) is 1.45. The molecule has 1 atom stereocenters. The molecule has 0 rings (SSSR count). The Hall–Kier alpha value is 0.0134. The molecule has 4 nitrogen and oxygen atoms in total. The Bertz CT molecular complexity index is 88.6. The molecule has 0 bridgehead atoms. The molecule has 0 heterocycles. The summed E-state index contributed by atoms with van der Waals surface area (Å²) in [5.41, 5.74) is 5.01. The van der Waals surface area contributed by atoms with Gasteiger partial charge in [-0.25, -0.2) is 5.43 Å². The van der Waals surface area contributed by atoms with Gasteiger partial charge in [-0.05, 0) is 14.0 Å². The van der Waals surface area contributed by atoms with Crippen molar-refractivity contribution in [3.8, 4) is 0 Å². The van der Waals surface area contributed by atoms with Crippen molar-refractivity contribution in [1.82, 2.24) is 10.9 Å². The molecule has 5 heteroatoms. The fourth-order valence-corrected chi connectivity index (χ4v) is 0.278. The van der Waals surface area contributed by atoms with Crippen molar-refractivity contribution in [2.75, 3.05) is 7.05 Å². The van der Waals surface area contributed by atoms with E-state index in [9.17, 15) is 4.79 Å². The zero-order valence-electron chi connectivity index (χ0n) is 5.64. The first-order valence-corrected chi connectivity index (χ1v) is 2.33. The quantitative estimate of drug-likeness (QED) is 0.395. The molecule has 0 saturated carbocycles. The van der Waals surface area contributed by atoms with Crippen LogP contribution in [0.25, 0.3) is 0 Å². The van der Waals surface area contributed by atoms with E-state index < -0.39 is 12.0 Å². The average molecular weight is 184 g/mol. The third-order valence-corrected chi connectivity index (χ3v) is 0.731. The SMILES string of the molecule is CNNC(C)C(=O)O.[Zn+2]. The summed E-state index contributed by atoms with van der Waals surface area (Å²) in [5, 5.41) is 8.21. The summed E-state index contributed by atoms with van der Waals surface area (Å²) < 4.78 is 0. The molecule has 1 unspecified atom stereocenters. The van der Waals surface area contributed by atoms with E-state index in [-0.39, 0.29) is 19.5 Å². The van der Waals surface area contributed by atoms with Crippen LogP contribution in [-0.2, 0) is 24.3 Å². The number of carboxylic acids is 1. The van der Waals surface area contributed by atoms with Crippen LogP contribution in [0, 0.1) is 0 Å². The smallest absolute Gasteiger partial charge is 0.480 e. The molecule has 9 heavy (non-hydrogen) atoms. The molecule has 0 aromatic heterocycles. The van der Waals surface area contributed by atoms with Gasteiger partial charge in [-0.3, -0.25) is 10.2 Å². The van der Waals surface area contributed by atoms with Crippen LogP contribution in [0.3, 0.4) is 0 Å². The normalized spacial score (nSPS) is 11.8. The Morgan fingerprint density at radius 3 is 2.22 bits per heavy atom. The monoisotopic (exact) mass is 182 g/mol. The van der Waals surface area contributed by atoms with Crippen LogP contribution in [-0.4, -0.2) is 24.2 Å². The first-order chi connectivity index (χ1) is 3.68. The number of carboxylic acid groups (broad SMARTS) is 1. The zero-order valence-corrected chi connectivity index (χ0v) is 8.61. The molecule has 0 aliphatic rings. The molecule has 0 radical (unpaired) electrons. The number of nitrogens with one attached hydrogen (secondary N) is 2. The van der Waals surface area contributed by atoms with E-state index in [0.29, 0.717) is 0 Å². The van der Waals surface area contributed by atoms with Gasteiger partial charge in [0.05, 0.1) is 0 Å². The first-order valence-electron chi connectivity index (χ1n) is 2.33. The Morgan fingerprint density at radius 1 is 1.67 bits per heavy atom. The number of hydrogen-bond acceptors (Lipinski definition) is 3. The maximum atomic E-state index is 9.99. The van der Waals surface area contributed by atoms with Crippen molar-refractivity contribution in [3.05, 3.63) is 0 Å². The summed E-state index contributed by atoms with van der Waals surface area (Å²) in [5.74, 6) is -0.862. The topological polar surface area (TPSA) is 61.4 Å². The van der Waals surface area contributed by atoms with Gasteiger partial charge in [-0.2, -0.15) is 0 Å². The van der Waals surface area contributed by atoms with Crippen LogP contribution in [0.15, 0.2) is 0 Å². The molecule has 0 aromatic carbocycles. The minimum Gasteiger partial charge on any atom is -0.480 e. The number of hydrogen-bond donors (Lipinski definition) is 3. The van der Waals surface area contributed by atoms with Crippen molar-refractivity contribution < 1.29 is 29.4 Å². The van der Waals surface area contributed by atoms with Gasteiger partial charge in [-0.1, -0.05) is 0 Å². The van der Waals surface area contributed by atoms with E-state index >= 15 is 0 Å². The van der Waals surface area contributed by atoms with Gasteiger partial charge in [0.15, 0.2) is 0 Å². The minimum atomic E-state index is -0.862. The van der Waals surface area contributed by atoms with Gasteiger partial charge in [0.2, 0.25) is 0 Å². The molecule has 0 saturated heterocycles. The number of hydrazine groups is 1. The van der Waals surface area contributed by atoms with E-state index in [0.717, 1.165) is 0 Å². The maximum Gasteiger partial charge on any atom is 2.00 e. The molecule has 0 amide bonds. The molecule has 0 fully saturated rings. The number of carbonyl (C=O) groups is 1. The van der Waals surface area contributed by atoms with Crippen LogP contribution in [0.5, 0.6) is 0 Å². The standard InChI is InChI=1S/C4H10N2O2.Zn/c1-3(4(7)8)6-5-2;/h3,5-6H,1-2H3,(H,7,8);/q;+2. The van der Waals surface area contributed by atoms with Crippen LogP contribution in [0.1, 0.15) is 6.92 Å². The van der Waals surface area contributed by atoms with E-state index in [2.05, 4.69) is 10.9 Å². The van der Waals surface area contributed by atoms with E-state index in [1.54, 1.807) is 14.0 Å². The summed E-state index contributed by atoms with van der Waals surface area (Å²) in [4.78, 5) is 9.99. The van der Waals surface area contributed by atoms with Gasteiger partial charge < -0.3 is 5.11 Å². The summed E-state index contributed by atoms with van der Waals surface area (Å²) in [6, 6.07) is -0.528. The average Bonchev–Trinajstić information content (AvgIpc) is 1.67. The third kappa shape index (κ3) is 5.89. The van der Waals surface area contributed by atoms with Gasteiger partial charge in [0, 0.05) is 0 Å². The summed E-state index contributed by atoms with van der Waals surface area (Å²) in [6.45, 7) is 1.55. The second kappa shape index (κ2) is 6.14. The summed E-state index contributed by atoms with van der Waals surface area (Å²) in [7, 11) is 1.62. The summed E-state index contributed by atoms with van der Waals surface area (Å²) >= 11 is 0.